The predicted octanol–water partition coefficient (Wildman–Crippen LogP) is 2.17. The Hall–Kier alpha value is -2.04. The van der Waals surface area contributed by atoms with E-state index in [2.05, 4.69) is 14.8 Å². The van der Waals surface area contributed by atoms with Crippen LogP contribution < -0.4 is 4.90 Å². The standard InChI is InChI=1S/C16H20N4O4S2/c1-26(23,24)16-9-14(3-4-15(16)20(21)22)19-6-2-5-18(7-8-19)10-13-11-25-12-17-13/h3-4,9,11-12H,2,5-8,10H2,1H3. The van der Waals surface area contributed by atoms with Crippen molar-refractivity contribution in [2.75, 3.05) is 37.3 Å². The number of benzene rings is 1. The number of anilines is 1. The van der Waals surface area contributed by atoms with E-state index in [1.54, 1.807) is 17.4 Å². The maximum atomic E-state index is 12.0. The van der Waals surface area contributed by atoms with E-state index in [4.69, 9.17) is 0 Å². The fourth-order valence-corrected chi connectivity index (χ4v) is 4.49. The minimum Gasteiger partial charge on any atom is -0.370 e. The normalized spacial score (nSPS) is 16.4. The van der Waals surface area contributed by atoms with Crippen LogP contribution in [0, 0.1) is 10.1 Å². The predicted molar refractivity (Wildman–Crippen MR) is 100 cm³/mol. The van der Waals surface area contributed by atoms with E-state index < -0.39 is 14.8 Å². The molecular formula is C16H20N4O4S2. The Morgan fingerprint density at radius 1 is 1.27 bits per heavy atom. The number of sulfone groups is 1. The molecule has 1 fully saturated rings. The van der Waals surface area contributed by atoms with Crippen LogP contribution in [0.4, 0.5) is 11.4 Å². The molecule has 0 radical (unpaired) electrons. The summed E-state index contributed by atoms with van der Waals surface area (Å²) >= 11 is 1.58. The van der Waals surface area contributed by atoms with Gasteiger partial charge in [0.2, 0.25) is 0 Å². The molecule has 0 atom stereocenters. The molecule has 0 N–H and O–H groups in total. The number of hydrogen-bond donors (Lipinski definition) is 0. The van der Waals surface area contributed by atoms with Crippen molar-refractivity contribution in [2.24, 2.45) is 0 Å². The van der Waals surface area contributed by atoms with Gasteiger partial charge >= 0.3 is 0 Å². The third kappa shape index (κ3) is 4.37. The molecule has 1 aliphatic heterocycles. The van der Waals surface area contributed by atoms with Crippen LogP contribution >= 0.6 is 11.3 Å². The van der Waals surface area contributed by atoms with Crippen LogP contribution in [0.5, 0.6) is 0 Å². The molecule has 10 heteroatoms. The highest BCUT2D eigenvalue weighted by molar-refractivity contribution is 7.90. The first-order chi connectivity index (χ1) is 12.3. The molecule has 1 aromatic heterocycles. The average molecular weight is 396 g/mol. The second-order valence-corrected chi connectivity index (χ2v) is 8.98. The lowest BCUT2D eigenvalue weighted by Crippen LogP contribution is -2.30. The number of rotatable bonds is 5. The van der Waals surface area contributed by atoms with Gasteiger partial charge in [0.25, 0.3) is 5.69 Å². The monoisotopic (exact) mass is 396 g/mol. The molecule has 0 bridgehead atoms. The first-order valence-electron chi connectivity index (χ1n) is 8.17. The topological polar surface area (TPSA) is 96.7 Å². The van der Waals surface area contributed by atoms with E-state index >= 15 is 0 Å². The van der Waals surface area contributed by atoms with Crippen molar-refractivity contribution in [1.29, 1.82) is 0 Å². The van der Waals surface area contributed by atoms with Gasteiger partial charge in [0.05, 0.1) is 16.1 Å². The lowest BCUT2D eigenvalue weighted by molar-refractivity contribution is -0.387. The van der Waals surface area contributed by atoms with Gasteiger partial charge in [-0.3, -0.25) is 15.0 Å². The maximum absolute atomic E-state index is 12.0. The van der Waals surface area contributed by atoms with Crippen molar-refractivity contribution in [3.63, 3.8) is 0 Å². The van der Waals surface area contributed by atoms with E-state index in [1.165, 1.54) is 12.1 Å². The van der Waals surface area contributed by atoms with Gasteiger partial charge in [-0.15, -0.1) is 11.3 Å². The van der Waals surface area contributed by atoms with E-state index in [-0.39, 0.29) is 10.6 Å². The highest BCUT2D eigenvalue weighted by Gasteiger charge is 2.24. The molecular weight excluding hydrogens is 376 g/mol. The molecule has 0 amide bonds. The molecule has 0 spiro atoms. The first-order valence-corrected chi connectivity index (χ1v) is 11.0. The number of nitrogens with zero attached hydrogens (tertiary/aromatic N) is 4. The van der Waals surface area contributed by atoms with Crippen molar-refractivity contribution >= 4 is 32.5 Å². The van der Waals surface area contributed by atoms with E-state index in [0.29, 0.717) is 5.69 Å². The van der Waals surface area contributed by atoms with Crippen molar-refractivity contribution in [1.82, 2.24) is 9.88 Å². The summed E-state index contributed by atoms with van der Waals surface area (Å²) in [6.07, 6.45) is 1.92. The molecule has 2 aromatic rings. The second kappa shape index (κ2) is 7.68. The quantitative estimate of drug-likeness (QED) is 0.564. The molecule has 1 aliphatic rings. The molecule has 1 aromatic carbocycles. The molecule has 1 saturated heterocycles. The summed E-state index contributed by atoms with van der Waals surface area (Å²) in [7, 11) is -3.68. The summed E-state index contributed by atoms with van der Waals surface area (Å²) < 4.78 is 23.9. The SMILES string of the molecule is CS(=O)(=O)c1cc(N2CCCN(Cc3cscn3)CC2)ccc1[N+](=O)[O-]. The fraction of sp³-hybridized carbons (Fsp3) is 0.438. The molecule has 8 nitrogen and oxygen atoms in total. The Kier molecular flexibility index (Phi) is 5.54. The summed E-state index contributed by atoms with van der Waals surface area (Å²) in [5.74, 6) is 0. The Balaban J connectivity index is 1.78. The molecule has 26 heavy (non-hydrogen) atoms. The molecule has 140 valence electrons. The van der Waals surface area contributed by atoms with Gasteiger partial charge in [-0.25, -0.2) is 13.4 Å². The fourth-order valence-electron chi connectivity index (χ4n) is 3.08. The lowest BCUT2D eigenvalue weighted by atomic mass is 10.2. The van der Waals surface area contributed by atoms with Gasteiger partial charge in [0.1, 0.15) is 4.90 Å². The zero-order valence-electron chi connectivity index (χ0n) is 14.4. The van der Waals surface area contributed by atoms with Crippen LogP contribution in [0.25, 0.3) is 0 Å². The third-order valence-corrected chi connectivity index (χ3v) is 6.12. The third-order valence-electron chi connectivity index (χ3n) is 4.36. The summed E-state index contributed by atoms with van der Waals surface area (Å²) in [6.45, 7) is 4.05. The second-order valence-electron chi connectivity index (χ2n) is 6.28. The Bertz CT molecular complexity index is 884. The van der Waals surface area contributed by atoms with Crippen LogP contribution in [0.2, 0.25) is 0 Å². The van der Waals surface area contributed by atoms with Crippen LogP contribution in [-0.4, -0.2) is 55.7 Å². The zero-order valence-corrected chi connectivity index (χ0v) is 16.0. The Labute approximate surface area is 156 Å². The summed E-state index contributed by atoms with van der Waals surface area (Å²) in [6, 6.07) is 4.33. The minimum absolute atomic E-state index is 0.233. The molecule has 0 aliphatic carbocycles. The molecule has 3 rings (SSSR count). The smallest absolute Gasteiger partial charge is 0.288 e. The number of nitro groups is 1. The Morgan fingerprint density at radius 2 is 2.08 bits per heavy atom. The highest BCUT2D eigenvalue weighted by atomic mass is 32.2. The summed E-state index contributed by atoms with van der Waals surface area (Å²) in [5.41, 5.74) is 3.20. The maximum Gasteiger partial charge on any atom is 0.288 e. The van der Waals surface area contributed by atoms with E-state index in [1.807, 2.05) is 10.9 Å². The molecule has 0 saturated carbocycles. The minimum atomic E-state index is -3.68. The van der Waals surface area contributed by atoms with Gasteiger partial charge < -0.3 is 4.90 Å². The van der Waals surface area contributed by atoms with Gasteiger partial charge in [0, 0.05) is 56.1 Å². The van der Waals surface area contributed by atoms with Crippen molar-refractivity contribution < 1.29 is 13.3 Å². The van der Waals surface area contributed by atoms with E-state index in [0.717, 1.165) is 51.1 Å². The summed E-state index contributed by atoms with van der Waals surface area (Å²) in [5, 5.41) is 13.2. The summed E-state index contributed by atoms with van der Waals surface area (Å²) in [4.78, 5) is 18.9. The van der Waals surface area contributed by atoms with Gasteiger partial charge in [-0.2, -0.15) is 0 Å². The number of hydrogen-bond acceptors (Lipinski definition) is 8. The average Bonchev–Trinajstić information content (AvgIpc) is 2.98. The van der Waals surface area contributed by atoms with Crippen LogP contribution in [0.1, 0.15) is 12.1 Å². The van der Waals surface area contributed by atoms with Gasteiger partial charge in [-0.05, 0) is 18.6 Å². The lowest BCUT2D eigenvalue weighted by Gasteiger charge is -2.23. The van der Waals surface area contributed by atoms with Gasteiger partial charge in [0.15, 0.2) is 9.84 Å². The van der Waals surface area contributed by atoms with Crippen molar-refractivity contribution in [3.8, 4) is 0 Å². The van der Waals surface area contributed by atoms with Crippen LogP contribution in [0.15, 0.2) is 34.0 Å². The van der Waals surface area contributed by atoms with Crippen LogP contribution in [0.3, 0.4) is 0 Å². The first kappa shape index (κ1) is 18.7. The van der Waals surface area contributed by atoms with Gasteiger partial charge in [-0.1, -0.05) is 0 Å². The molecule has 2 heterocycles. The number of thiazole rings is 1. The number of nitro benzene ring substituents is 1. The highest BCUT2D eigenvalue weighted by Crippen LogP contribution is 2.29. The van der Waals surface area contributed by atoms with Crippen molar-refractivity contribution in [3.05, 3.63) is 44.9 Å². The van der Waals surface area contributed by atoms with Crippen molar-refractivity contribution in [2.45, 2.75) is 17.9 Å². The van der Waals surface area contributed by atoms with Crippen LogP contribution in [-0.2, 0) is 16.4 Å². The number of aromatic nitrogens is 1. The molecule has 0 unspecified atom stereocenters. The largest absolute Gasteiger partial charge is 0.370 e. The zero-order chi connectivity index (χ0) is 18.7. The van der Waals surface area contributed by atoms with E-state index in [9.17, 15) is 18.5 Å². The Morgan fingerprint density at radius 3 is 2.73 bits per heavy atom.